The Morgan fingerprint density at radius 3 is 2.50 bits per heavy atom. The number of alkyl halides is 3. The van der Waals surface area contributed by atoms with Crippen LogP contribution in [0.25, 0.3) is 0 Å². The Morgan fingerprint density at radius 2 is 1.95 bits per heavy atom. The number of halogens is 3. The third-order valence-electron chi connectivity index (χ3n) is 3.43. The first-order valence-corrected chi connectivity index (χ1v) is 6.40. The number of carbonyl (C=O) groups excluding carboxylic acids is 2. The van der Waals surface area contributed by atoms with E-state index >= 15 is 0 Å². The number of amides is 1. The van der Waals surface area contributed by atoms with E-state index in [9.17, 15) is 22.8 Å². The molecule has 0 bridgehead atoms. The van der Waals surface area contributed by atoms with Crippen LogP contribution in [0.15, 0.2) is 18.2 Å². The summed E-state index contributed by atoms with van der Waals surface area (Å²) in [6.07, 6.45) is -4.65. The number of esters is 1. The van der Waals surface area contributed by atoms with Crippen molar-refractivity contribution in [1.82, 2.24) is 0 Å². The SMILES string of the molecule is COC(=O)C1CC(=O)N(c2cc(OC)cc(C(F)(F)F)c2)C1. The van der Waals surface area contributed by atoms with Gasteiger partial charge < -0.3 is 14.4 Å². The first-order chi connectivity index (χ1) is 10.3. The van der Waals surface area contributed by atoms with E-state index in [1.165, 1.54) is 20.3 Å². The normalized spacial score (nSPS) is 18.5. The number of hydrogen-bond donors (Lipinski definition) is 0. The van der Waals surface area contributed by atoms with Gasteiger partial charge in [0.2, 0.25) is 5.91 Å². The zero-order chi connectivity index (χ0) is 16.5. The van der Waals surface area contributed by atoms with Gasteiger partial charge in [0.25, 0.3) is 0 Å². The lowest BCUT2D eigenvalue weighted by molar-refractivity contribution is -0.145. The van der Waals surface area contributed by atoms with Gasteiger partial charge in [0, 0.05) is 24.7 Å². The van der Waals surface area contributed by atoms with Crippen LogP contribution in [0.5, 0.6) is 5.75 Å². The molecule has 1 saturated heterocycles. The maximum absolute atomic E-state index is 12.9. The van der Waals surface area contributed by atoms with E-state index in [0.29, 0.717) is 0 Å². The molecule has 1 aliphatic heterocycles. The van der Waals surface area contributed by atoms with Gasteiger partial charge in [-0.15, -0.1) is 0 Å². The topological polar surface area (TPSA) is 55.8 Å². The highest BCUT2D eigenvalue weighted by Gasteiger charge is 2.38. The summed E-state index contributed by atoms with van der Waals surface area (Å²) < 4.78 is 48.1. The first kappa shape index (κ1) is 16.1. The highest BCUT2D eigenvalue weighted by molar-refractivity contribution is 5.99. The summed E-state index contributed by atoms with van der Waals surface area (Å²) >= 11 is 0. The number of carbonyl (C=O) groups is 2. The predicted molar refractivity (Wildman–Crippen MR) is 70.5 cm³/mol. The van der Waals surface area contributed by atoms with E-state index in [2.05, 4.69) is 4.74 Å². The number of nitrogens with zero attached hydrogens (tertiary/aromatic N) is 1. The molecule has 0 saturated carbocycles. The van der Waals surface area contributed by atoms with Crippen LogP contribution in [0, 0.1) is 5.92 Å². The number of ether oxygens (including phenoxy) is 2. The molecule has 2 rings (SSSR count). The summed E-state index contributed by atoms with van der Waals surface area (Å²) in [6, 6.07) is 3.04. The van der Waals surface area contributed by atoms with E-state index in [0.717, 1.165) is 17.0 Å². The second-order valence-corrected chi connectivity index (χ2v) is 4.85. The Morgan fingerprint density at radius 1 is 1.27 bits per heavy atom. The van der Waals surface area contributed by atoms with Gasteiger partial charge in [-0.25, -0.2) is 0 Å². The molecule has 1 aromatic rings. The number of anilines is 1. The number of rotatable bonds is 3. The summed E-state index contributed by atoms with van der Waals surface area (Å²) in [6.45, 7) is -0.0179. The van der Waals surface area contributed by atoms with Gasteiger partial charge in [0.15, 0.2) is 0 Å². The van der Waals surface area contributed by atoms with E-state index in [-0.39, 0.29) is 24.4 Å². The van der Waals surface area contributed by atoms with Crippen molar-refractivity contribution in [3.63, 3.8) is 0 Å². The highest BCUT2D eigenvalue weighted by Crippen LogP contribution is 2.36. The standard InChI is InChI=1S/C14H14F3NO4/c1-21-11-5-9(14(15,16)17)4-10(6-11)18-7-8(3-12(18)19)13(20)22-2/h4-6,8H,3,7H2,1-2H3. The van der Waals surface area contributed by atoms with Gasteiger partial charge in [-0.2, -0.15) is 13.2 Å². The minimum absolute atomic E-state index is 0.0147. The maximum Gasteiger partial charge on any atom is 0.416 e. The van der Waals surface area contributed by atoms with Crippen molar-refractivity contribution in [3.05, 3.63) is 23.8 Å². The Labute approximate surface area is 124 Å². The molecule has 0 spiro atoms. The number of methoxy groups -OCH3 is 2. The lowest BCUT2D eigenvalue weighted by Gasteiger charge is -2.19. The Bertz CT molecular complexity index is 600. The number of hydrogen-bond acceptors (Lipinski definition) is 4. The third-order valence-corrected chi connectivity index (χ3v) is 3.43. The van der Waals surface area contributed by atoms with Crippen molar-refractivity contribution in [3.8, 4) is 5.75 Å². The van der Waals surface area contributed by atoms with Crippen LogP contribution < -0.4 is 9.64 Å². The van der Waals surface area contributed by atoms with Crippen LogP contribution in [-0.2, 0) is 20.5 Å². The molecule has 1 aliphatic rings. The zero-order valence-corrected chi connectivity index (χ0v) is 11.9. The molecular formula is C14H14F3NO4. The van der Waals surface area contributed by atoms with Crippen molar-refractivity contribution in [2.24, 2.45) is 5.92 Å². The van der Waals surface area contributed by atoms with Crippen LogP contribution in [0.1, 0.15) is 12.0 Å². The Kier molecular flexibility index (Phi) is 4.30. The predicted octanol–water partition coefficient (Wildman–Crippen LogP) is 2.24. The fourth-order valence-corrected chi connectivity index (χ4v) is 2.30. The minimum Gasteiger partial charge on any atom is -0.497 e. The molecule has 1 aromatic carbocycles. The van der Waals surface area contributed by atoms with Gasteiger partial charge in [-0.1, -0.05) is 0 Å². The van der Waals surface area contributed by atoms with Gasteiger partial charge in [-0.3, -0.25) is 9.59 Å². The van der Waals surface area contributed by atoms with Crippen molar-refractivity contribution in [2.45, 2.75) is 12.6 Å². The Balaban J connectivity index is 2.36. The lowest BCUT2D eigenvalue weighted by Crippen LogP contribution is -2.26. The monoisotopic (exact) mass is 317 g/mol. The minimum atomic E-state index is -4.56. The van der Waals surface area contributed by atoms with Crippen molar-refractivity contribution in [1.29, 1.82) is 0 Å². The molecule has 22 heavy (non-hydrogen) atoms. The van der Waals surface area contributed by atoms with Gasteiger partial charge >= 0.3 is 12.1 Å². The second-order valence-electron chi connectivity index (χ2n) is 4.85. The molecule has 1 atom stereocenters. The van der Waals surface area contributed by atoms with Crippen molar-refractivity contribution in [2.75, 3.05) is 25.7 Å². The van der Waals surface area contributed by atoms with Crippen LogP contribution in [0.3, 0.4) is 0 Å². The fraction of sp³-hybridized carbons (Fsp3) is 0.429. The summed E-state index contributed by atoms with van der Waals surface area (Å²) in [7, 11) is 2.44. The molecule has 0 aliphatic carbocycles. The van der Waals surface area contributed by atoms with Gasteiger partial charge in [0.1, 0.15) is 5.75 Å². The van der Waals surface area contributed by atoms with Crippen LogP contribution in [-0.4, -0.2) is 32.6 Å². The fourth-order valence-electron chi connectivity index (χ4n) is 2.30. The molecule has 1 heterocycles. The molecular weight excluding hydrogens is 303 g/mol. The molecule has 120 valence electrons. The van der Waals surface area contributed by atoms with Crippen molar-refractivity contribution < 1.29 is 32.2 Å². The van der Waals surface area contributed by atoms with E-state index in [4.69, 9.17) is 4.74 Å². The van der Waals surface area contributed by atoms with Gasteiger partial charge in [-0.05, 0) is 12.1 Å². The highest BCUT2D eigenvalue weighted by atomic mass is 19.4. The Hall–Kier alpha value is -2.25. The quantitative estimate of drug-likeness (QED) is 0.802. The maximum atomic E-state index is 12.9. The summed E-state index contributed by atoms with van der Waals surface area (Å²) in [5.41, 5.74) is -0.876. The van der Waals surface area contributed by atoms with Crippen LogP contribution >= 0.6 is 0 Å². The van der Waals surface area contributed by atoms with Gasteiger partial charge in [0.05, 0.1) is 25.7 Å². The summed E-state index contributed by atoms with van der Waals surface area (Å²) in [5.74, 6) is -1.69. The third kappa shape index (κ3) is 3.15. The van der Waals surface area contributed by atoms with Crippen molar-refractivity contribution >= 4 is 17.6 Å². The van der Waals surface area contributed by atoms with E-state index in [1.807, 2.05) is 0 Å². The van der Waals surface area contributed by atoms with Crippen LogP contribution in [0.4, 0.5) is 18.9 Å². The molecule has 1 unspecified atom stereocenters. The summed E-state index contributed by atoms with van der Waals surface area (Å²) in [4.78, 5) is 24.6. The largest absolute Gasteiger partial charge is 0.497 e. The molecule has 1 amide bonds. The molecule has 8 heteroatoms. The lowest BCUT2D eigenvalue weighted by atomic mass is 10.1. The number of benzene rings is 1. The molecule has 1 fully saturated rings. The molecule has 5 nitrogen and oxygen atoms in total. The average Bonchev–Trinajstić information content (AvgIpc) is 2.87. The molecule has 0 radical (unpaired) electrons. The second kappa shape index (κ2) is 5.86. The zero-order valence-electron chi connectivity index (χ0n) is 11.9. The van der Waals surface area contributed by atoms with E-state index < -0.39 is 29.5 Å². The molecule has 0 aromatic heterocycles. The first-order valence-electron chi connectivity index (χ1n) is 6.40. The summed E-state index contributed by atoms with van der Waals surface area (Å²) in [5, 5.41) is 0. The smallest absolute Gasteiger partial charge is 0.416 e. The average molecular weight is 317 g/mol. The van der Waals surface area contributed by atoms with Crippen LogP contribution in [0.2, 0.25) is 0 Å². The molecule has 0 N–H and O–H groups in total. The van der Waals surface area contributed by atoms with E-state index in [1.54, 1.807) is 0 Å².